The van der Waals surface area contributed by atoms with E-state index in [1.165, 1.54) is 6.92 Å². The smallest absolute Gasteiger partial charge is 0.408 e. The predicted octanol–water partition coefficient (Wildman–Crippen LogP) is 4.34. The molecule has 0 aromatic heterocycles. The second-order valence-corrected chi connectivity index (χ2v) is 14.2. The summed E-state index contributed by atoms with van der Waals surface area (Å²) in [6, 6.07) is 31.4. The van der Waals surface area contributed by atoms with Crippen LogP contribution in [0.15, 0.2) is 121 Å². The highest BCUT2D eigenvalue weighted by atomic mass is 32.2. The van der Waals surface area contributed by atoms with Gasteiger partial charge in [-0.1, -0.05) is 121 Å². The molecule has 58 heavy (non-hydrogen) atoms. The maximum Gasteiger partial charge on any atom is 0.408 e. The Morgan fingerprint density at radius 1 is 0.517 bits per heavy atom. The number of hydrogen-bond donors (Lipinski definition) is 4. The Morgan fingerprint density at radius 2 is 0.879 bits per heavy atom. The summed E-state index contributed by atoms with van der Waals surface area (Å²) in [5.41, 5.74) is 8.64. The Labute approximate surface area is 341 Å². The van der Waals surface area contributed by atoms with Gasteiger partial charge in [-0.05, 0) is 35.6 Å². The molecule has 0 radical (unpaired) electrons. The monoisotopic (exact) mass is 812 g/mol. The molecule has 15 heteroatoms. The lowest BCUT2D eigenvalue weighted by Crippen LogP contribution is -2.49. The quantitative estimate of drug-likeness (QED) is 0.0647. The summed E-state index contributed by atoms with van der Waals surface area (Å²) >= 11 is 1.08. The van der Waals surface area contributed by atoms with Crippen LogP contribution in [-0.2, 0) is 69.3 Å². The molecule has 14 nitrogen and oxygen atoms in total. The first kappa shape index (κ1) is 44.5. The normalized spacial score (nSPS) is 12.7. The fourth-order valence-corrected chi connectivity index (χ4v) is 6.18. The fraction of sp³-hybridized carbons (Fsp3) is 0.302. The zero-order valence-corrected chi connectivity index (χ0v) is 32.9. The Bertz CT molecular complexity index is 1900. The topological polar surface area (TPSA) is 201 Å². The van der Waals surface area contributed by atoms with Crippen molar-refractivity contribution in [3.63, 3.8) is 0 Å². The van der Waals surface area contributed by atoms with E-state index in [0.717, 1.165) is 34.0 Å². The fourth-order valence-electron chi connectivity index (χ4n) is 5.13. The Hall–Kier alpha value is -6.19. The van der Waals surface area contributed by atoms with Crippen LogP contribution in [0.2, 0.25) is 0 Å². The number of rotatable bonds is 22. The molecule has 0 unspecified atom stereocenters. The molecule has 0 spiro atoms. The SMILES string of the molecule is C[C@H](N)C(=O)N[C@H](CCC(=O)N[C@H](CSC[C@H](NC(=O)OCc1ccccc1)C(=O)OCc1ccccc1)C(=O)OCc1ccccc1)C(=O)OCc1ccccc1. The van der Waals surface area contributed by atoms with E-state index in [0.29, 0.717) is 0 Å². The van der Waals surface area contributed by atoms with E-state index < -0.39 is 60.0 Å². The molecule has 0 heterocycles. The van der Waals surface area contributed by atoms with Gasteiger partial charge in [-0.2, -0.15) is 11.8 Å². The van der Waals surface area contributed by atoms with E-state index in [1.54, 1.807) is 97.1 Å². The van der Waals surface area contributed by atoms with Crippen LogP contribution < -0.4 is 21.7 Å². The summed E-state index contributed by atoms with van der Waals surface area (Å²) in [5.74, 6) is -3.64. The molecule has 4 atom stereocenters. The van der Waals surface area contributed by atoms with Gasteiger partial charge in [-0.3, -0.25) is 9.59 Å². The number of hydrogen-bond acceptors (Lipinski definition) is 12. The molecule has 3 amide bonds. The number of benzene rings is 4. The summed E-state index contributed by atoms with van der Waals surface area (Å²) in [6.45, 7) is 1.25. The van der Waals surface area contributed by atoms with Crippen LogP contribution in [0.4, 0.5) is 4.79 Å². The molecule has 0 aliphatic carbocycles. The van der Waals surface area contributed by atoms with E-state index in [2.05, 4.69) is 16.0 Å². The zero-order chi connectivity index (χ0) is 41.5. The van der Waals surface area contributed by atoms with E-state index >= 15 is 0 Å². The molecule has 0 fully saturated rings. The number of ether oxygens (including phenoxy) is 4. The van der Waals surface area contributed by atoms with Gasteiger partial charge in [0.15, 0.2) is 0 Å². The molecule has 0 saturated carbocycles. The number of nitrogens with one attached hydrogen (secondary N) is 3. The second kappa shape index (κ2) is 24.4. The predicted molar refractivity (Wildman–Crippen MR) is 216 cm³/mol. The summed E-state index contributed by atoms with van der Waals surface area (Å²) in [4.78, 5) is 78.4. The van der Waals surface area contributed by atoms with E-state index in [9.17, 15) is 28.8 Å². The number of carbonyl (C=O) groups is 6. The Kier molecular flexibility index (Phi) is 18.8. The molecule has 306 valence electrons. The van der Waals surface area contributed by atoms with Crippen LogP contribution in [0.3, 0.4) is 0 Å². The van der Waals surface area contributed by atoms with Crippen molar-refractivity contribution < 1.29 is 47.7 Å². The van der Waals surface area contributed by atoms with E-state index in [-0.39, 0.29) is 50.8 Å². The van der Waals surface area contributed by atoms with Crippen LogP contribution in [0.25, 0.3) is 0 Å². The minimum absolute atomic E-state index is 0.0342. The van der Waals surface area contributed by atoms with Gasteiger partial charge >= 0.3 is 24.0 Å². The summed E-state index contributed by atoms with van der Waals surface area (Å²) in [5, 5.41) is 7.74. The van der Waals surface area contributed by atoms with Crippen LogP contribution >= 0.6 is 11.8 Å². The van der Waals surface area contributed by atoms with Crippen molar-refractivity contribution >= 4 is 47.6 Å². The third-order valence-electron chi connectivity index (χ3n) is 8.32. The van der Waals surface area contributed by atoms with Crippen molar-refractivity contribution in [1.29, 1.82) is 0 Å². The maximum absolute atomic E-state index is 13.4. The lowest BCUT2D eigenvalue weighted by atomic mass is 10.1. The molecule has 4 aromatic carbocycles. The van der Waals surface area contributed by atoms with Crippen molar-refractivity contribution in [2.24, 2.45) is 5.73 Å². The molecule has 0 saturated heterocycles. The van der Waals surface area contributed by atoms with Crippen LogP contribution in [-0.4, -0.2) is 71.5 Å². The number of esters is 3. The molecule has 4 rings (SSSR count). The first-order valence-electron chi connectivity index (χ1n) is 18.6. The highest BCUT2D eigenvalue weighted by molar-refractivity contribution is 7.99. The van der Waals surface area contributed by atoms with Crippen molar-refractivity contribution in [3.8, 4) is 0 Å². The number of alkyl carbamates (subject to hydrolysis) is 1. The van der Waals surface area contributed by atoms with Crippen molar-refractivity contribution in [2.75, 3.05) is 11.5 Å². The highest BCUT2D eigenvalue weighted by Crippen LogP contribution is 2.13. The summed E-state index contributed by atoms with van der Waals surface area (Å²) in [6.07, 6.45) is -1.31. The summed E-state index contributed by atoms with van der Waals surface area (Å²) in [7, 11) is 0. The third-order valence-corrected chi connectivity index (χ3v) is 9.46. The molecule has 0 aliphatic rings. The third kappa shape index (κ3) is 16.5. The minimum Gasteiger partial charge on any atom is -0.459 e. The molecule has 0 bridgehead atoms. The lowest BCUT2D eigenvalue weighted by molar-refractivity contribution is -0.150. The van der Waals surface area contributed by atoms with Gasteiger partial charge in [-0.15, -0.1) is 0 Å². The Balaban J connectivity index is 1.41. The molecular formula is C43H48N4O10S. The van der Waals surface area contributed by atoms with Gasteiger partial charge in [0.2, 0.25) is 11.8 Å². The van der Waals surface area contributed by atoms with Gasteiger partial charge in [0, 0.05) is 17.9 Å². The highest BCUT2D eigenvalue weighted by Gasteiger charge is 2.29. The van der Waals surface area contributed by atoms with E-state index in [4.69, 9.17) is 24.7 Å². The largest absolute Gasteiger partial charge is 0.459 e. The number of amides is 3. The van der Waals surface area contributed by atoms with Gasteiger partial charge in [-0.25, -0.2) is 19.2 Å². The van der Waals surface area contributed by atoms with Gasteiger partial charge in [0.1, 0.15) is 44.6 Å². The van der Waals surface area contributed by atoms with Crippen LogP contribution in [0.1, 0.15) is 42.0 Å². The molecule has 5 N–H and O–H groups in total. The second-order valence-electron chi connectivity index (χ2n) is 13.1. The minimum atomic E-state index is -1.21. The van der Waals surface area contributed by atoms with Crippen molar-refractivity contribution in [1.82, 2.24) is 16.0 Å². The average molecular weight is 813 g/mol. The first-order valence-corrected chi connectivity index (χ1v) is 19.7. The summed E-state index contributed by atoms with van der Waals surface area (Å²) < 4.78 is 21.8. The Morgan fingerprint density at radius 3 is 1.28 bits per heavy atom. The molecule has 4 aromatic rings. The lowest BCUT2D eigenvalue weighted by Gasteiger charge is -2.21. The number of carbonyl (C=O) groups excluding carboxylic acids is 6. The number of nitrogens with two attached hydrogens (primary N) is 1. The molecule has 0 aliphatic heterocycles. The number of thioether (sulfide) groups is 1. The standard InChI is InChI=1S/C43H48N4O10S/c1-30(44)39(49)46-35(40(50)54-24-31-14-6-2-7-15-31)22-23-38(48)45-36(41(51)55-25-32-16-8-3-9-17-32)28-58-29-37(42(52)56-26-33-18-10-4-11-19-33)47-43(53)57-27-34-20-12-5-13-21-34/h2-21,30,35-37H,22-29,44H2,1H3,(H,45,48)(H,46,49)(H,47,53)/t30-,35+,36+,37-/m0/s1. The first-order chi connectivity index (χ1) is 28.1. The van der Waals surface area contributed by atoms with Gasteiger partial charge < -0.3 is 40.6 Å². The van der Waals surface area contributed by atoms with E-state index in [1.807, 2.05) is 24.3 Å². The van der Waals surface area contributed by atoms with Gasteiger partial charge in [0.05, 0.1) is 6.04 Å². The molecular weight excluding hydrogens is 765 g/mol. The van der Waals surface area contributed by atoms with Crippen LogP contribution in [0.5, 0.6) is 0 Å². The van der Waals surface area contributed by atoms with Gasteiger partial charge in [0.25, 0.3) is 0 Å². The van der Waals surface area contributed by atoms with Crippen molar-refractivity contribution in [2.45, 2.75) is 70.4 Å². The maximum atomic E-state index is 13.4. The average Bonchev–Trinajstić information content (AvgIpc) is 3.25. The zero-order valence-electron chi connectivity index (χ0n) is 32.1. The van der Waals surface area contributed by atoms with Crippen LogP contribution in [0, 0.1) is 0 Å². The van der Waals surface area contributed by atoms with Crippen molar-refractivity contribution in [3.05, 3.63) is 144 Å².